The van der Waals surface area contributed by atoms with Crippen molar-refractivity contribution < 1.29 is 56.8 Å². The van der Waals surface area contributed by atoms with Gasteiger partial charge < -0.3 is 23.7 Å². The van der Waals surface area contributed by atoms with Gasteiger partial charge in [0.1, 0.15) is 24.8 Å². The molecule has 11 nitrogen and oxygen atoms in total. The van der Waals surface area contributed by atoms with E-state index in [1.165, 1.54) is 39.5 Å². The standard InChI is InChI=1S/C50H69FO11/c1-9-12-13-16-34-19-21-36(22-20-34)37-23-24-41(42(51)29-37)40-27-38(17-14-25-58-46(54)33(4)5)45(39(28-40)18-15-26-59-49(57)50(6,7)8)60-30-35(31-61-47(55)43(52)10-2)32-62-48(56)44(53)11-3/h23-24,27-29,34-36H,4,9-22,25-26,30-32H2,1-3,5-8H3. The third-order valence-corrected chi connectivity index (χ3v) is 11.2. The number of carbonyl (C=O) groups is 6. The van der Waals surface area contributed by atoms with E-state index in [4.69, 9.17) is 23.7 Å². The lowest BCUT2D eigenvalue weighted by Crippen LogP contribution is -2.29. The highest BCUT2D eigenvalue weighted by Gasteiger charge is 2.26. The van der Waals surface area contributed by atoms with E-state index in [2.05, 4.69) is 13.5 Å². The smallest absolute Gasteiger partial charge is 0.374 e. The number of benzene rings is 2. The molecule has 1 aliphatic carbocycles. The first-order valence-electron chi connectivity index (χ1n) is 22.5. The van der Waals surface area contributed by atoms with Crippen LogP contribution in [0, 0.1) is 23.1 Å². The molecule has 1 saturated carbocycles. The highest BCUT2D eigenvalue weighted by atomic mass is 19.1. The van der Waals surface area contributed by atoms with Crippen LogP contribution in [0.3, 0.4) is 0 Å². The van der Waals surface area contributed by atoms with Crippen molar-refractivity contribution in [3.05, 3.63) is 65.0 Å². The zero-order valence-electron chi connectivity index (χ0n) is 38.1. The summed E-state index contributed by atoms with van der Waals surface area (Å²) in [5.74, 6) is -4.11. The first-order chi connectivity index (χ1) is 29.5. The molecule has 0 aromatic heterocycles. The Morgan fingerprint density at radius 3 is 1.79 bits per heavy atom. The Morgan fingerprint density at radius 2 is 1.29 bits per heavy atom. The van der Waals surface area contributed by atoms with E-state index in [1.54, 1.807) is 33.8 Å². The van der Waals surface area contributed by atoms with Crippen LogP contribution in [0.2, 0.25) is 0 Å². The molecule has 0 atom stereocenters. The largest absolute Gasteiger partial charge is 0.492 e. The number of ether oxygens (including phenoxy) is 5. The monoisotopic (exact) mass is 864 g/mol. The number of rotatable bonds is 26. The molecule has 1 fully saturated rings. The van der Waals surface area contributed by atoms with Crippen molar-refractivity contribution >= 4 is 35.4 Å². The average molecular weight is 865 g/mol. The Labute approximate surface area is 367 Å². The highest BCUT2D eigenvalue weighted by molar-refractivity contribution is 6.33. The molecule has 3 rings (SSSR count). The van der Waals surface area contributed by atoms with Crippen LogP contribution in [0.4, 0.5) is 4.39 Å². The van der Waals surface area contributed by atoms with Gasteiger partial charge in [0.2, 0.25) is 11.6 Å². The molecule has 0 bridgehead atoms. The second-order valence-corrected chi connectivity index (χ2v) is 17.5. The molecule has 2 aromatic carbocycles. The van der Waals surface area contributed by atoms with E-state index in [0.29, 0.717) is 59.6 Å². The molecule has 2 aromatic rings. The SMILES string of the molecule is C=C(C)C(=O)OCCCc1cc(-c2ccc(C3CCC(CCCCC)CC3)cc2F)cc(CCCOC(=O)C(C)(C)C)c1OCC(COC(=O)C(=O)CC)COC(=O)C(=O)CC. The first-order valence-corrected chi connectivity index (χ1v) is 22.5. The molecule has 12 heteroatoms. The van der Waals surface area contributed by atoms with Crippen LogP contribution >= 0.6 is 0 Å². The topological polar surface area (TPSA) is 149 Å². The number of esters is 4. The molecule has 0 N–H and O–H groups in total. The zero-order valence-corrected chi connectivity index (χ0v) is 38.1. The number of ketones is 2. The van der Waals surface area contributed by atoms with E-state index in [9.17, 15) is 28.8 Å². The summed E-state index contributed by atoms with van der Waals surface area (Å²) in [7, 11) is 0. The van der Waals surface area contributed by atoms with E-state index in [-0.39, 0.29) is 63.2 Å². The average Bonchev–Trinajstić information content (AvgIpc) is 3.25. The fourth-order valence-corrected chi connectivity index (χ4v) is 7.33. The van der Waals surface area contributed by atoms with Gasteiger partial charge in [-0.05, 0) is 131 Å². The summed E-state index contributed by atoms with van der Waals surface area (Å²) in [4.78, 5) is 73.5. The van der Waals surface area contributed by atoms with Crippen LogP contribution < -0.4 is 4.74 Å². The van der Waals surface area contributed by atoms with Gasteiger partial charge in [-0.1, -0.05) is 65.2 Å². The molecule has 0 saturated heterocycles. The molecule has 0 radical (unpaired) electrons. The van der Waals surface area contributed by atoms with Gasteiger partial charge >= 0.3 is 23.9 Å². The van der Waals surface area contributed by atoms with Crippen molar-refractivity contribution in [2.24, 2.45) is 17.3 Å². The van der Waals surface area contributed by atoms with Gasteiger partial charge in [-0.25, -0.2) is 18.8 Å². The van der Waals surface area contributed by atoms with Gasteiger partial charge in [0.05, 0.1) is 31.2 Å². The maximum atomic E-state index is 16.3. The Bertz CT molecular complexity index is 1820. The summed E-state index contributed by atoms with van der Waals surface area (Å²) in [5.41, 5.74) is 2.90. The van der Waals surface area contributed by atoms with Crippen LogP contribution in [0.15, 0.2) is 42.5 Å². The molecule has 0 spiro atoms. The molecule has 0 unspecified atom stereocenters. The van der Waals surface area contributed by atoms with Crippen LogP contribution in [0.1, 0.15) is 148 Å². The fourth-order valence-electron chi connectivity index (χ4n) is 7.33. The van der Waals surface area contributed by atoms with Crippen molar-refractivity contribution in [2.45, 2.75) is 144 Å². The molecule has 62 heavy (non-hydrogen) atoms. The molecular weight excluding hydrogens is 796 g/mol. The van der Waals surface area contributed by atoms with Gasteiger partial charge in [0.15, 0.2) is 0 Å². The van der Waals surface area contributed by atoms with E-state index in [0.717, 1.165) is 37.2 Å². The van der Waals surface area contributed by atoms with Crippen molar-refractivity contribution in [3.63, 3.8) is 0 Å². The second-order valence-electron chi connectivity index (χ2n) is 17.5. The maximum Gasteiger partial charge on any atom is 0.374 e. The Hall–Kier alpha value is -4.87. The van der Waals surface area contributed by atoms with E-state index < -0.39 is 40.8 Å². The minimum absolute atomic E-state index is 0.0602. The number of Topliss-reactive ketones (excluding diaryl/α,β-unsaturated/α-hetero) is 2. The summed E-state index contributed by atoms with van der Waals surface area (Å²) in [6.07, 6.45) is 10.7. The third kappa shape index (κ3) is 16.8. The first kappa shape index (κ1) is 51.5. The molecule has 0 amide bonds. The van der Waals surface area contributed by atoms with Crippen LogP contribution in [-0.2, 0) is 60.6 Å². The zero-order chi connectivity index (χ0) is 45.8. The van der Waals surface area contributed by atoms with Crippen molar-refractivity contribution in [2.75, 3.05) is 33.0 Å². The summed E-state index contributed by atoms with van der Waals surface area (Å²) in [6, 6.07) is 9.19. The summed E-state index contributed by atoms with van der Waals surface area (Å²) in [6.45, 7) is 15.1. The van der Waals surface area contributed by atoms with Gasteiger partial charge in [0.25, 0.3) is 0 Å². The van der Waals surface area contributed by atoms with Gasteiger partial charge in [-0.2, -0.15) is 0 Å². The molecular formula is C50H69FO11. The van der Waals surface area contributed by atoms with Gasteiger partial charge in [-0.3, -0.25) is 14.4 Å². The summed E-state index contributed by atoms with van der Waals surface area (Å²) in [5, 5.41) is 0. The quantitative estimate of drug-likeness (QED) is 0.0293. The number of halogens is 1. The summed E-state index contributed by atoms with van der Waals surface area (Å²) < 4.78 is 44.3. The number of aryl methyl sites for hydroxylation is 2. The van der Waals surface area contributed by atoms with E-state index in [1.807, 2.05) is 24.3 Å². The molecule has 342 valence electrons. The molecule has 0 heterocycles. The number of hydrogen-bond acceptors (Lipinski definition) is 11. The predicted molar refractivity (Wildman–Crippen MR) is 235 cm³/mol. The minimum Gasteiger partial charge on any atom is -0.492 e. The Balaban J connectivity index is 2.02. The van der Waals surface area contributed by atoms with Gasteiger partial charge in [-0.15, -0.1) is 0 Å². The van der Waals surface area contributed by atoms with Crippen molar-refractivity contribution in [3.8, 4) is 16.9 Å². The number of hydrogen-bond donors (Lipinski definition) is 0. The molecule has 1 aliphatic rings. The fraction of sp³-hybridized carbons (Fsp3) is 0.600. The van der Waals surface area contributed by atoms with Gasteiger partial charge in [0, 0.05) is 24.0 Å². The number of carbonyl (C=O) groups excluding carboxylic acids is 6. The number of unbranched alkanes of at least 4 members (excludes halogenated alkanes) is 2. The lowest BCUT2D eigenvalue weighted by atomic mass is 9.77. The van der Waals surface area contributed by atoms with Crippen molar-refractivity contribution in [1.29, 1.82) is 0 Å². The second kappa shape index (κ2) is 25.9. The van der Waals surface area contributed by atoms with Crippen molar-refractivity contribution in [1.82, 2.24) is 0 Å². The lowest BCUT2D eigenvalue weighted by molar-refractivity contribution is -0.158. The Morgan fingerprint density at radius 1 is 0.726 bits per heavy atom. The predicted octanol–water partition coefficient (Wildman–Crippen LogP) is 9.96. The lowest BCUT2D eigenvalue weighted by Gasteiger charge is -2.29. The maximum absolute atomic E-state index is 16.3. The van der Waals surface area contributed by atoms with Crippen LogP contribution in [0.25, 0.3) is 11.1 Å². The highest BCUT2D eigenvalue weighted by Crippen LogP contribution is 2.40. The normalized spacial score (nSPS) is 15.1. The van der Waals surface area contributed by atoms with Crippen LogP contribution in [0.5, 0.6) is 5.75 Å². The van der Waals surface area contributed by atoms with Crippen LogP contribution in [-0.4, -0.2) is 68.5 Å². The Kier molecular flexibility index (Phi) is 21.5. The molecule has 0 aliphatic heterocycles. The minimum atomic E-state index is -1.04. The third-order valence-electron chi connectivity index (χ3n) is 11.2. The summed E-state index contributed by atoms with van der Waals surface area (Å²) >= 11 is 0. The van der Waals surface area contributed by atoms with E-state index >= 15 is 4.39 Å².